The molecule has 6 nitrogen and oxygen atoms in total. The molecule has 3 aliphatic rings. The first-order chi connectivity index (χ1) is 18.6. The minimum atomic E-state index is -2.52. The average Bonchev–Trinajstić information content (AvgIpc) is 2.86. The molecule has 2 aromatic rings. The van der Waals surface area contributed by atoms with Crippen molar-refractivity contribution in [2.75, 3.05) is 0 Å². The van der Waals surface area contributed by atoms with Gasteiger partial charge in [-0.15, -0.1) is 0 Å². The summed E-state index contributed by atoms with van der Waals surface area (Å²) in [5, 5.41) is 34.8. The third-order valence-electron chi connectivity index (χ3n) is 9.87. The van der Waals surface area contributed by atoms with E-state index in [0.717, 1.165) is 23.1 Å². The molecule has 0 unspecified atom stereocenters. The molecule has 0 spiro atoms. The van der Waals surface area contributed by atoms with Crippen LogP contribution in [0.3, 0.4) is 0 Å². The lowest BCUT2D eigenvalue weighted by Crippen LogP contribution is -2.70. The maximum atomic E-state index is 14.4. The Morgan fingerprint density at radius 1 is 1.02 bits per heavy atom. The van der Waals surface area contributed by atoms with Gasteiger partial charge >= 0.3 is 0 Å². The van der Waals surface area contributed by atoms with E-state index in [1.807, 2.05) is 51.1 Å². The normalized spacial score (nSPS) is 29.9. The lowest BCUT2D eigenvalue weighted by Gasteiger charge is -2.60. The number of allylic oxidation sites excluding steroid dienone is 1. The van der Waals surface area contributed by atoms with E-state index in [1.165, 1.54) is 18.6 Å². The smallest absolute Gasteiger partial charge is 0.206 e. The number of Topliss-reactive ketones (excluding diaryl/α,β-unsaturated/α-hetero) is 3. The van der Waals surface area contributed by atoms with Crippen LogP contribution in [0.15, 0.2) is 53.1 Å². The van der Waals surface area contributed by atoms with Gasteiger partial charge in [-0.2, -0.15) is 0 Å². The van der Waals surface area contributed by atoms with E-state index in [9.17, 15) is 29.7 Å². The number of phenols is 1. The maximum Gasteiger partial charge on any atom is 0.206 e. The Labute approximate surface area is 235 Å². The second-order valence-corrected chi connectivity index (χ2v) is 12.8. The van der Waals surface area contributed by atoms with Gasteiger partial charge in [-0.3, -0.25) is 14.4 Å². The van der Waals surface area contributed by atoms with Crippen LogP contribution in [0.5, 0.6) is 5.75 Å². The molecule has 0 heterocycles. The molecule has 0 amide bonds. The molecule has 0 aliphatic heterocycles. The van der Waals surface area contributed by atoms with E-state index in [-0.39, 0.29) is 34.8 Å². The van der Waals surface area contributed by atoms with Crippen LogP contribution in [-0.2, 0) is 27.2 Å². The van der Waals surface area contributed by atoms with E-state index in [0.29, 0.717) is 12.0 Å². The maximum absolute atomic E-state index is 14.4. The van der Waals surface area contributed by atoms with Crippen molar-refractivity contribution < 1.29 is 29.7 Å². The molecule has 4 atom stereocenters. The van der Waals surface area contributed by atoms with E-state index in [2.05, 4.69) is 6.92 Å². The summed E-state index contributed by atoms with van der Waals surface area (Å²) in [5.41, 5.74) is -0.469. The molecule has 210 valence electrons. The number of carbonyl (C=O) groups is 3. The molecule has 0 saturated heterocycles. The van der Waals surface area contributed by atoms with E-state index in [1.54, 1.807) is 13.8 Å². The van der Waals surface area contributed by atoms with Gasteiger partial charge in [-0.1, -0.05) is 70.5 Å². The van der Waals surface area contributed by atoms with Gasteiger partial charge in [-0.05, 0) is 73.3 Å². The fraction of sp³-hybridized carbons (Fsp3) is 0.441. The highest BCUT2D eigenvalue weighted by molar-refractivity contribution is 6.33. The number of carbonyl (C=O) groups excluding carboxylic acids is 3. The van der Waals surface area contributed by atoms with Crippen LogP contribution in [0.25, 0.3) is 16.9 Å². The van der Waals surface area contributed by atoms with Crippen LogP contribution in [0.2, 0.25) is 0 Å². The zero-order valence-electron chi connectivity index (χ0n) is 24.3. The molecule has 1 saturated carbocycles. The highest BCUT2D eigenvalue weighted by atomic mass is 16.3. The van der Waals surface area contributed by atoms with Crippen molar-refractivity contribution in [3.63, 3.8) is 0 Å². The fourth-order valence-electron chi connectivity index (χ4n) is 8.44. The summed E-state index contributed by atoms with van der Waals surface area (Å²) in [4.78, 5) is 41.0. The van der Waals surface area contributed by atoms with Crippen LogP contribution in [-0.4, -0.2) is 38.3 Å². The van der Waals surface area contributed by atoms with Gasteiger partial charge in [0.2, 0.25) is 11.6 Å². The molecule has 2 aromatic carbocycles. The number of rotatable bonds is 4. The summed E-state index contributed by atoms with van der Waals surface area (Å²) in [7, 11) is 0. The largest absolute Gasteiger partial charge is 0.507 e. The van der Waals surface area contributed by atoms with Crippen LogP contribution in [0.4, 0.5) is 0 Å². The number of hydrogen-bond acceptors (Lipinski definition) is 6. The average molecular weight is 543 g/mol. The molecule has 3 aliphatic carbocycles. The van der Waals surface area contributed by atoms with Crippen molar-refractivity contribution >= 4 is 23.1 Å². The first kappa shape index (κ1) is 28.0. The molecule has 40 heavy (non-hydrogen) atoms. The molecular formula is C34H38O6. The van der Waals surface area contributed by atoms with E-state index < -0.39 is 45.5 Å². The highest BCUT2D eigenvalue weighted by Gasteiger charge is 2.72. The van der Waals surface area contributed by atoms with Crippen molar-refractivity contribution in [2.45, 2.75) is 73.3 Å². The van der Waals surface area contributed by atoms with Gasteiger partial charge in [0.15, 0.2) is 11.4 Å². The molecule has 3 N–H and O–H groups in total. The van der Waals surface area contributed by atoms with Crippen molar-refractivity contribution in [2.24, 2.45) is 22.7 Å². The number of ketones is 3. The van der Waals surface area contributed by atoms with Crippen molar-refractivity contribution in [3.8, 4) is 16.9 Å². The number of aliphatic hydroxyl groups excluding tert-OH is 1. The molecule has 0 radical (unpaired) electrons. The number of aliphatic hydroxyl groups is 2. The third-order valence-corrected chi connectivity index (χ3v) is 9.87. The van der Waals surface area contributed by atoms with Crippen molar-refractivity contribution in [1.82, 2.24) is 0 Å². The molecule has 0 bridgehead atoms. The Balaban J connectivity index is 1.79. The Morgan fingerprint density at radius 3 is 2.20 bits per heavy atom. The van der Waals surface area contributed by atoms with Crippen molar-refractivity contribution in [1.29, 1.82) is 0 Å². The van der Waals surface area contributed by atoms with Gasteiger partial charge in [0.1, 0.15) is 11.5 Å². The number of aromatic hydroxyl groups is 1. The van der Waals surface area contributed by atoms with Crippen LogP contribution >= 0.6 is 0 Å². The van der Waals surface area contributed by atoms with Crippen LogP contribution < -0.4 is 0 Å². The summed E-state index contributed by atoms with van der Waals surface area (Å²) in [6.07, 6.45) is 1.44. The number of fused-ring (bicyclic) bond motifs is 3. The highest BCUT2D eigenvalue weighted by Crippen LogP contribution is 2.65. The predicted octanol–water partition coefficient (Wildman–Crippen LogP) is 5.92. The second-order valence-electron chi connectivity index (χ2n) is 12.8. The molecule has 1 fully saturated rings. The Morgan fingerprint density at radius 2 is 1.65 bits per heavy atom. The lowest BCUT2D eigenvalue weighted by molar-refractivity contribution is -0.180. The summed E-state index contributed by atoms with van der Waals surface area (Å²) < 4.78 is 0. The number of hydrogen-bond donors (Lipinski definition) is 3. The standard InChI is InChI=1S/C34H38O6/c1-8-20-9-11-21(12-10-20)22-13-14-24(36)26-23(22)15-32(6)16-33(7)27(17(2)3)18(4)25(19(5)35)30(38)34(33,40)31(39)28(32)29(26)37/h9-14,17,27,36-37,40H,8,15-16H2,1-7H3/t27-,32+,33+,34-/m1/s1. The number of phenolic OH excluding ortho intramolecular Hbond substituents is 1. The summed E-state index contributed by atoms with van der Waals surface area (Å²) in [6, 6.07) is 11.5. The molecule has 6 heteroatoms. The molecule has 5 rings (SSSR count). The monoisotopic (exact) mass is 542 g/mol. The molecular weight excluding hydrogens is 504 g/mol. The first-order valence-corrected chi connectivity index (χ1v) is 14.1. The quantitative estimate of drug-likeness (QED) is 0.326. The zero-order chi connectivity index (χ0) is 29.5. The number of benzene rings is 2. The summed E-state index contributed by atoms with van der Waals surface area (Å²) >= 11 is 0. The van der Waals surface area contributed by atoms with Gasteiger partial charge in [-0.25, -0.2) is 0 Å². The SMILES string of the molecule is CCc1ccc(-c2ccc(O)c3c2C[C@@]2(C)C[C@@]4(C)[C@H](C(C)C)C(C)=C(C(C)=O)C(=O)[C@@]4(O)C(=O)C2=C3O)cc1. The number of aryl methyl sites for hydroxylation is 1. The predicted molar refractivity (Wildman–Crippen MR) is 154 cm³/mol. The lowest BCUT2D eigenvalue weighted by atomic mass is 9.42. The third kappa shape index (κ3) is 3.48. The van der Waals surface area contributed by atoms with E-state index in [4.69, 9.17) is 0 Å². The summed E-state index contributed by atoms with van der Waals surface area (Å²) in [6.45, 7) is 12.7. The van der Waals surface area contributed by atoms with Crippen molar-refractivity contribution in [3.05, 3.63) is 69.8 Å². The second kappa shape index (κ2) is 9.00. The van der Waals surface area contributed by atoms with Crippen LogP contribution in [0, 0.1) is 22.7 Å². The fourth-order valence-corrected chi connectivity index (χ4v) is 8.44. The molecule has 0 aromatic heterocycles. The van der Waals surface area contributed by atoms with Crippen LogP contribution in [0.1, 0.15) is 71.6 Å². The van der Waals surface area contributed by atoms with E-state index >= 15 is 0 Å². The van der Waals surface area contributed by atoms with Gasteiger partial charge in [0, 0.05) is 16.4 Å². The minimum Gasteiger partial charge on any atom is -0.507 e. The van der Waals surface area contributed by atoms with Gasteiger partial charge < -0.3 is 15.3 Å². The first-order valence-electron chi connectivity index (χ1n) is 14.1. The van der Waals surface area contributed by atoms with Gasteiger partial charge in [0.05, 0.1) is 11.1 Å². The Bertz CT molecular complexity index is 1540. The summed E-state index contributed by atoms with van der Waals surface area (Å²) in [5.74, 6) is -3.38. The van der Waals surface area contributed by atoms with Gasteiger partial charge in [0.25, 0.3) is 0 Å². The minimum absolute atomic E-state index is 0.0629. The Hall–Kier alpha value is -3.51. The Kier molecular flexibility index (Phi) is 6.31. The topological polar surface area (TPSA) is 112 Å². The zero-order valence-corrected chi connectivity index (χ0v) is 24.3.